The Bertz CT molecular complexity index is 391. The van der Waals surface area contributed by atoms with Crippen LogP contribution in [0.1, 0.15) is 84.5 Å². The zero-order valence-corrected chi connectivity index (χ0v) is 16.4. The zero-order chi connectivity index (χ0) is 18.4. The third kappa shape index (κ3) is 12.3. The van der Waals surface area contributed by atoms with Gasteiger partial charge in [-0.3, -0.25) is 18.3 Å². The van der Waals surface area contributed by atoms with Crippen molar-refractivity contribution in [2.24, 2.45) is 0 Å². The summed E-state index contributed by atoms with van der Waals surface area (Å²) in [6, 6.07) is 0. The summed E-state index contributed by atoms with van der Waals surface area (Å²) < 4.78 is 1.41. The van der Waals surface area contributed by atoms with Gasteiger partial charge in [0, 0.05) is 19.3 Å². The summed E-state index contributed by atoms with van der Waals surface area (Å²) in [6.07, 6.45) is 7.91. The second kappa shape index (κ2) is 14.3. The Balaban J connectivity index is 3.77. The van der Waals surface area contributed by atoms with Gasteiger partial charge in [0.25, 0.3) is 0 Å². The molecule has 0 radical (unpaired) electrons. The van der Waals surface area contributed by atoms with Gasteiger partial charge in [-0.1, -0.05) is 39.0 Å². The standard InChI is InChI=1S/C17H31BrN2O4/c1-3-4-8-12-16(22)20(18)14(2)19-15(21)11-9-6-5-7-10-13-17(23)24/h14H,3-13H2,1-2H3,(H,19,21)(H,23,24). The fraction of sp³-hybridized carbons (Fsp3) is 0.824. The first-order chi connectivity index (χ1) is 11.4. The van der Waals surface area contributed by atoms with Gasteiger partial charge in [-0.15, -0.1) is 0 Å². The van der Waals surface area contributed by atoms with Gasteiger partial charge in [0.15, 0.2) is 0 Å². The number of unbranched alkanes of at least 4 members (excludes halogenated alkanes) is 6. The molecule has 0 saturated heterocycles. The van der Waals surface area contributed by atoms with Gasteiger partial charge in [-0.05, 0) is 26.2 Å². The number of carboxylic acid groups (broad SMARTS) is 1. The number of carboxylic acids is 1. The van der Waals surface area contributed by atoms with Gasteiger partial charge in [0.1, 0.15) is 6.17 Å². The predicted molar refractivity (Wildman–Crippen MR) is 97.5 cm³/mol. The number of carbonyl (C=O) groups excluding carboxylic acids is 2. The molecule has 0 rings (SSSR count). The molecule has 0 fully saturated rings. The Kier molecular flexibility index (Phi) is 13.6. The maximum absolute atomic E-state index is 11.9. The van der Waals surface area contributed by atoms with Crippen LogP contribution in [-0.2, 0) is 14.4 Å². The topological polar surface area (TPSA) is 86.7 Å². The first-order valence-electron chi connectivity index (χ1n) is 8.87. The molecule has 0 aliphatic heterocycles. The number of hydrogen-bond acceptors (Lipinski definition) is 3. The van der Waals surface area contributed by atoms with Crippen molar-refractivity contribution in [1.82, 2.24) is 9.24 Å². The van der Waals surface area contributed by atoms with Crippen molar-refractivity contribution in [1.29, 1.82) is 0 Å². The highest BCUT2D eigenvalue weighted by Gasteiger charge is 2.18. The number of nitrogens with zero attached hydrogens (tertiary/aromatic N) is 1. The molecule has 0 saturated carbocycles. The molecule has 7 heteroatoms. The summed E-state index contributed by atoms with van der Waals surface area (Å²) >= 11 is 3.23. The SMILES string of the molecule is CCCCCC(=O)N(Br)C(C)NC(=O)CCCCCCCC(=O)O. The second-order valence-electron chi connectivity index (χ2n) is 6.07. The maximum Gasteiger partial charge on any atom is 0.303 e. The Labute approximate surface area is 153 Å². The van der Waals surface area contributed by atoms with Crippen LogP contribution in [0.5, 0.6) is 0 Å². The highest BCUT2D eigenvalue weighted by molar-refractivity contribution is 9.07. The Morgan fingerprint density at radius 3 is 2.08 bits per heavy atom. The highest BCUT2D eigenvalue weighted by atomic mass is 79.9. The molecule has 0 heterocycles. The lowest BCUT2D eigenvalue weighted by atomic mass is 10.1. The van der Waals surface area contributed by atoms with Crippen molar-refractivity contribution < 1.29 is 19.5 Å². The Hall–Kier alpha value is -1.11. The molecule has 0 spiro atoms. The largest absolute Gasteiger partial charge is 0.481 e. The average molecular weight is 407 g/mol. The Morgan fingerprint density at radius 2 is 1.50 bits per heavy atom. The van der Waals surface area contributed by atoms with Crippen LogP contribution in [0, 0.1) is 0 Å². The molecule has 24 heavy (non-hydrogen) atoms. The molecule has 0 aliphatic carbocycles. The molecule has 0 bridgehead atoms. The van der Waals surface area contributed by atoms with E-state index in [0.29, 0.717) is 19.3 Å². The van der Waals surface area contributed by atoms with Gasteiger partial charge < -0.3 is 10.4 Å². The number of hydrogen-bond donors (Lipinski definition) is 2. The molecule has 1 unspecified atom stereocenters. The van der Waals surface area contributed by atoms with Crippen LogP contribution >= 0.6 is 16.1 Å². The van der Waals surface area contributed by atoms with E-state index in [9.17, 15) is 14.4 Å². The average Bonchev–Trinajstić information content (AvgIpc) is 2.52. The Morgan fingerprint density at radius 1 is 0.958 bits per heavy atom. The van der Waals surface area contributed by atoms with Gasteiger partial charge in [-0.25, -0.2) is 0 Å². The summed E-state index contributed by atoms with van der Waals surface area (Å²) in [5.74, 6) is -0.847. The van der Waals surface area contributed by atoms with Gasteiger partial charge in [0.2, 0.25) is 11.8 Å². The van der Waals surface area contributed by atoms with Crippen molar-refractivity contribution in [3.8, 4) is 0 Å². The fourth-order valence-electron chi connectivity index (χ4n) is 2.30. The highest BCUT2D eigenvalue weighted by Crippen LogP contribution is 2.11. The number of amides is 2. The maximum atomic E-state index is 11.9. The summed E-state index contributed by atoms with van der Waals surface area (Å²) in [4.78, 5) is 34.2. The van der Waals surface area contributed by atoms with E-state index in [1.807, 2.05) is 0 Å². The summed E-state index contributed by atoms with van der Waals surface area (Å²) in [6.45, 7) is 3.86. The summed E-state index contributed by atoms with van der Waals surface area (Å²) in [5.41, 5.74) is 0. The molecule has 6 nitrogen and oxygen atoms in total. The third-order valence-electron chi connectivity index (χ3n) is 3.74. The normalized spacial score (nSPS) is 11.8. The van der Waals surface area contributed by atoms with Crippen LogP contribution in [0.3, 0.4) is 0 Å². The smallest absolute Gasteiger partial charge is 0.303 e. The van der Waals surface area contributed by atoms with E-state index in [1.54, 1.807) is 6.92 Å². The third-order valence-corrected chi connectivity index (χ3v) is 4.75. The van der Waals surface area contributed by atoms with Gasteiger partial charge in [0.05, 0.1) is 16.1 Å². The van der Waals surface area contributed by atoms with E-state index in [4.69, 9.17) is 5.11 Å². The molecule has 0 aromatic heterocycles. The molecule has 1 atom stereocenters. The first kappa shape index (κ1) is 22.9. The lowest BCUT2D eigenvalue weighted by Crippen LogP contribution is -2.43. The molecular weight excluding hydrogens is 376 g/mol. The number of nitrogens with one attached hydrogen (secondary N) is 1. The van der Waals surface area contributed by atoms with Crippen LogP contribution in [-0.4, -0.2) is 33.0 Å². The van der Waals surface area contributed by atoms with Crippen molar-refractivity contribution in [3.05, 3.63) is 0 Å². The molecule has 0 aliphatic rings. The lowest BCUT2D eigenvalue weighted by molar-refractivity contribution is -0.137. The minimum atomic E-state index is -0.757. The van der Waals surface area contributed by atoms with Crippen LogP contribution < -0.4 is 5.32 Å². The zero-order valence-electron chi connectivity index (χ0n) is 14.9. The van der Waals surface area contributed by atoms with Crippen molar-refractivity contribution in [3.63, 3.8) is 0 Å². The van der Waals surface area contributed by atoms with Crippen LogP contribution in [0.15, 0.2) is 0 Å². The summed E-state index contributed by atoms with van der Waals surface area (Å²) in [5, 5.41) is 11.3. The van der Waals surface area contributed by atoms with Gasteiger partial charge >= 0.3 is 5.97 Å². The molecular formula is C17H31BrN2O4. The van der Waals surface area contributed by atoms with E-state index in [2.05, 4.69) is 28.4 Å². The van der Waals surface area contributed by atoms with E-state index in [-0.39, 0.29) is 24.4 Å². The minimum absolute atomic E-state index is 0.0188. The molecule has 0 aromatic rings. The molecule has 2 amide bonds. The quantitative estimate of drug-likeness (QED) is 0.259. The van der Waals surface area contributed by atoms with Crippen molar-refractivity contribution in [2.75, 3.05) is 0 Å². The molecule has 0 aromatic carbocycles. The first-order valence-corrected chi connectivity index (χ1v) is 9.58. The monoisotopic (exact) mass is 406 g/mol. The van der Waals surface area contributed by atoms with Crippen LogP contribution in [0.4, 0.5) is 0 Å². The number of halogens is 1. The fourth-order valence-corrected chi connectivity index (χ4v) is 2.58. The van der Waals surface area contributed by atoms with E-state index >= 15 is 0 Å². The number of rotatable bonds is 14. The summed E-state index contributed by atoms with van der Waals surface area (Å²) in [7, 11) is 0. The van der Waals surface area contributed by atoms with Gasteiger partial charge in [-0.2, -0.15) is 0 Å². The molecule has 2 N–H and O–H groups in total. The van der Waals surface area contributed by atoms with E-state index in [0.717, 1.165) is 44.9 Å². The van der Waals surface area contributed by atoms with Crippen LogP contribution in [0.25, 0.3) is 0 Å². The predicted octanol–water partition coefficient (Wildman–Crippen LogP) is 3.98. The van der Waals surface area contributed by atoms with E-state index in [1.165, 1.54) is 3.93 Å². The minimum Gasteiger partial charge on any atom is -0.481 e. The number of carbonyl (C=O) groups is 3. The van der Waals surface area contributed by atoms with Crippen LogP contribution in [0.2, 0.25) is 0 Å². The van der Waals surface area contributed by atoms with Crippen molar-refractivity contribution in [2.45, 2.75) is 90.6 Å². The van der Waals surface area contributed by atoms with Crippen molar-refractivity contribution >= 4 is 33.9 Å². The van der Waals surface area contributed by atoms with E-state index < -0.39 is 5.97 Å². The molecule has 140 valence electrons. The lowest BCUT2D eigenvalue weighted by Gasteiger charge is -2.23. The number of aliphatic carboxylic acids is 1. The second-order valence-corrected chi connectivity index (χ2v) is 6.83.